The van der Waals surface area contributed by atoms with Gasteiger partial charge in [-0.15, -0.1) is 0 Å². The number of anilines is 1. The molecular formula is C21H18F2N2O7. The number of carbonyl (C=O) groups is 3. The molecule has 0 bridgehead atoms. The van der Waals surface area contributed by atoms with Crippen molar-refractivity contribution in [2.75, 3.05) is 25.1 Å². The van der Waals surface area contributed by atoms with Gasteiger partial charge in [0.05, 0.1) is 0 Å². The standard InChI is InChI=1S/C21H18F2N2O7/c22-20(23)32-15-5-1-13(2-6-15)3-8-19(27)31-12-18(26)25-21(28)24-14-4-7-16-17(11-14)30-10-9-29-16/h1-8,11,20H,9-10,12H2,(H2,24,25,26,28)/b8-3+. The lowest BCUT2D eigenvalue weighted by Gasteiger charge is -2.19. The van der Waals surface area contributed by atoms with Crippen LogP contribution in [0.5, 0.6) is 17.2 Å². The van der Waals surface area contributed by atoms with Gasteiger partial charge in [0, 0.05) is 17.8 Å². The van der Waals surface area contributed by atoms with Crippen molar-refractivity contribution in [3.63, 3.8) is 0 Å². The molecule has 1 aliphatic rings. The van der Waals surface area contributed by atoms with E-state index in [9.17, 15) is 23.2 Å². The highest BCUT2D eigenvalue weighted by molar-refractivity contribution is 6.02. The molecule has 2 N–H and O–H groups in total. The van der Waals surface area contributed by atoms with Crippen molar-refractivity contribution in [2.24, 2.45) is 0 Å². The van der Waals surface area contributed by atoms with Gasteiger partial charge < -0.3 is 24.3 Å². The van der Waals surface area contributed by atoms with Crippen molar-refractivity contribution >= 4 is 29.7 Å². The molecule has 168 valence electrons. The second-order valence-electron chi connectivity index (χ2n) is 6.25. The van der Waals surface area contributed by atoms with Crippen LogP contribution in [0.15, 0.2) is 48.5 Å². The Bertz CT molecular complexity index is 1010. The minimum Gasteiger partial charge on any atom is -0.486 e. The molecule has 1 heterocycles. The van der Waals surface area contributed by atoms with Gasteiger partial charge in [0.1, 0.15) is 19.0 Å². The highest BCUT2D eigenvalue weighted by atomic mass is 19.3. The fraction of sp³-hybridized carbons (Fsp3) is 0.190. The fourth-order valence-corrected chi connectivity index (χ4v) is 2.56. The number of carbonyl (C=O) groups excluding carboxylic acids is 3. The Balaban J connectivity index is 1.40. The van der Waals surface area contributed by atoms with Crippen LogP contribution in [0.25, 0.3) is 6.08 Å². The van der Waals surface area contributed by atoms with E-state index in [1.54, 1.807) is 18.2 Å². The van der Waals surface area contributed by atoms with Crippen molar-refractivity contribution in [3.05, 3.63) is 54.1 Å². The van der Waals surface area contributed by atoms with E-state index in [1.165, 1.54) is 30.3 Å². The number of hydrogen-bond donors (Lipinski definition) is 2. The second-order valence-corrected chi connectivity index (χ2v) is 6.25. The monoisotopic (exact) mass is 448 g/mol. The summed E-state index contributed by atoms with van der Waals surface area (Å²) in [7, 11) is 0. The lowest BCUT2D eigenvalue weighted by atomic mass is 10.2. The van der Waals surface area contributed by atoms with Gasteiger partial charge in [0.25, 0.3) is 5.91 Å². The van der Waals surface area contributed by atoms with E-state index < -0.39 is 31.1 Å². The topological polar surface area (TPSA) is 112 Å². The van der Waals surface area contributed by atoms with Gasteiger partial charge in [0.2, 0.25) is 0 Å². The van der Waals surface area contributed by atoms with E-state index >= 15 is 0 Å². The summed E-state index contributed by atoms with van der Waals surface area (Å²) in [5.41, 5.74) is 0.899. The normalized spacial score (nSPS) is 12.3. The molecule has 0 spiro atoms. The van der Waals surface area contributed by atoms with Crippen LogP contribution in [0.4, 0.5) is 19.3 Å². The lowest BCUT2D eigenvalue weighted by Crippen LogP contribution is -2.37. The third-order valence-electron chi connectivity index (χ3n) is 3.92. The van der Waals surface area contributed by atoms with Crippen molar-refractivity contribution in [3.8, 4) is 17.2 Å². The van der Waals surface area contributed by atoms with Crippen LogP contribution in [0.3, 0.4) is 0 Å². The predicted octanol–water partition coefficient (Wildman–Crippen LogP) is 2.96. The Morgan fingerprint density at radius 1 is 1.03 bits per heavy atom. The summed E-state index contributed by atoms with van der Waals surface area (Å²) in [6, 6.07) is 9.47. The molecule has 0 fully saturated rings. The molecule has 0 saturated carbocycles. The number of ether oxygens (including phenoxy) is 4. The molecule has 0 unspecified atom stereocenters. The number of benzene rings is 2. The van der Waals surface area contributed by atoms with Crippen LogP contribution in [-0.2, 0) is 14.3 Å². The van der Waals surface area contributed by atoms with Gasteiger partial charge in [-0.05, 0) is 35.9 Å². The molecule has 0 aromatic heterocycles. The van der Waals surface area contributed by atoms with E-state index in [1.807, 2.05) is 5.32 Å². The summed E-state index contributed by atoms with van der Waals surface area (Å²) in [6.07, 6.45) is 2.41. The number of nitrogens with one attached hydrogen (secondary N) is 2. The quantitative estimate of drug-likeness (QED) is 0.495. The van der Waals surface area contributed by atoms with Crippen LogP contribution in [-0.4, -0.2) is 44.3 Å². The fourth-order valence-electron chi connectivity index (χ4n) is 2.56. The lowest BCUT2D eigenvalue weighted by molar-refractivity contribution is -0.143. The van der Waals surface area contributed by atoms with Crippen molar-refractivity contribution in [1.82, 2.24) is 5.32 Å². The first-order valence-corrected chi connectivity index (χ1v) is 9.29. The summed E-state index contributed by atoms with van der Waals surface area (Å²) in [5, 5.41) is 4.48. The first-order valence-electron chi connectivity index (χ1n) is 9.29. The zero-order chi connectivity index (χ0) is 22.9. The molecule has 0 aliphatic carbocycles. The Morgan fingerprint density at radius 3 is 2.47 bits per heavy atom. The second kappa shape index (κ2) is 10.8. The number of halogens is 2. The average molecular weight is 448 g/mol. The number of fused-ring (bicyclic) bond motifs is 1. The number of urea groups is 1. The maximum Gasteiger partial charge on any atom is 0.387 e. The number of amides is 3. The molecule has 0 saturated heterocycles. The number of hydrogen-bond acceptors (Lipinski definition) is 7. The Morgan fingerprint density at radius 2 is 1.75 bits per heavy atom. The van der Waals surface area contributed by atoms with Gasteiger partial charge in [-0.25, -0.2) is 9.59 Å². The largest absolute Gasteiger partial charge is 0.486 e. The zero-order valence-corrected chi connectivity index (χ0v) is 16.5. The molecule has 3 rings (SSSR count). The van der Waals surface area contributed by atoms with Gasteiger partial charge in [-0.2, -0.15) is 8.78 Å². The molecule has 1 aliphatic heterocycles. The van der Waals surface area contributed by atoms with Crippen molar-refractivity contribution in [2.45, 2.75) is 6.61 Å². The summed E-state index contributed by atoms with van der Waals surface area (Å²) < 4.78 is 44.0. The van der Waals surface area contributed by atoms with Crippen LogP contribution >= 0.6 is 0 Å². The van der Waals surface area contributed by atoms with E-state index in [2.05, 4.69) is 10.1 Å². The molecule has 32 heavy (non-hydrogen) atoms. The molecular weight excluding hydrogens is 430 g/mol. The number of esters is 1. The highest BCUT2D eigenvalue weighted by Crippen LogP contribution is 2.32. The van der Waals surface area contributed by atoms with E-state index in [0.717, 1.165) is 6.08 Å². The molecule has 0 radical (unpaired) electrons. The Hall–Kier alpha value is -4.15. The zero-order valence-electron chi connectivity index (χ0n) is 16.5. The van der Waals surface area contributed by atoms with Crippen LogP contribution in [0.2, 0.25) is 0 Å². The highest BCUT2D eigenvalue weighted by Gasteiger charge is 2.14. The number of rotatable bonds is 7. The maximum atomic E-state index is 12.1. The summed E-state index contributed by atoms with van der Waals surface area (Å²) >= 11 is 0. The van der Waals surface area contributed by atoms with E-state index in [0.29, 0.717) is 36.0 Å². The summed E-state index contributed by atoms with van der Waals surface area (Å²) in [5.74, 6) is -0.672. The van der Waals surface area contributed by atoms with Crippen molar-refractivity contribution in [1.29, 1.82) is 0 Å². The Kier molecular flexibility index (Phi) is 7.57. The predicted molar refractivity (Wildman–Crippen MR) is 108 cm³/mol. The number of imide groups is 1. The minimum atomic E-state index is -2.93. The van der Waals surface area contributed by atoms with Gasteiger partial charge in [0.15, 0.2) is 18.1 Å². The van der Waals surface area contributed by atoms with Crippen LogP contribution < -0.4 is 24.8 Å². The molecule has 3 amide bonds. The SMILES string of the molecule is O=C(COC(=O)/C=C/c1ccc(OC(F)F)cc1)NC(=O)Nc1ccc2c(c1)OCCO2. The van der Waals surface area contributed by atoms with Crippen LogP contribution in [0, 0.1) is 0 Å². The van der Waals surface area contributed by atoms with E-state index in [-0.39, 0.29) is 5.75 Å². The van der Waals surface area contributed by atoms with Gasteiger partial charge >= 0.3 is 18.6 Å². The molecule has 9 nitrogen and oxygen atoms in total. The minimum absolute atomic E-state index is 0.0223. The first kappa shape index (κ1) is 22.5. The summed E-state index contributed by atoms with van der Waals surface area (Å²) in [6.45, 7) is -2.79. The molecule has 2 aromatic carbocycles. The maximum absolute atomic E-state index is 12.1. The van der Waals surface area contributed by atoms with Gasteiger partial charge in [-0.1, -0.05) is 12.1 Å². The Labute approximate surface area is 180 Å². The summed E-state index contributed by atoms with van der Waals surface area (Å²) in [4.78, 5) is 35.4. The van der Waals surface area contributed by atoms with Crippen LogP contribution in [0.1, 0.15) is 5.56 Å². The molecule has 2 aromatic rings. The first-order chi connectivity index (χ1) is 15.4. The van der Waals surface area contributed by atoms with Gasteiger partial charge in [-0.3, -0.25) is 10.1 Å². The average Bonchev–Trinajstić information content (AvgIpc) is 2.76. The third-order valence-corrected chi connectivity index (χ3v) is 3.92. The van der Waals surface area contributed by atoms with Crippen molar-refractivity contribution < 1.29 is 42.1 Å². The molecule has 11 heteroatoms. The molecule has 0 atom stereocenters. The third kappa shape index (κ3) is 6.97. The van der Waals surface area contributed by atoms with E-state index in [4.69, 9.17) is 14.2 Å². The number of alkyl halides is 2. The smallest absolute Gasteiger partial charge is 0.387 e.